The van der Waals surface area contributed by atoms with Crippen molar-refractivity contribution < 1.29 is 0 Å². The van der Waals surface area contributed by atoms with Crippen molar-refractivity contribution in [3.05, 3.63) is 34.4 Å². The Labute approximate surface area is 99.1 Å². The molecule has 86 valence electrons. The van der Waals surface area contributed by atoms with Crippen LogP contribution in [0, 0.1) is 5.41 Å². The highest BCUT2D eigenvalue weighted by atomic mass is 14.5. The molecule has 0 heterocycles. The first-order chi connectivity index (χ1) is 7.64. The first-order valence-electron chi connectivity index (χ1n) is 6.72. The molecule has 0 unspecified atom stereocenters. The van der Waals surface area contributed by atoms with Gasteiger partial charge in [-0.3, -0.25) is 0 Å². The first-order valence-corrected chi connectivity index (χ1v) is 6.72. The van der Waals surface area contributed by atoms with Crippen LogP contribution in [0.2, 0.25) is 0 Å². The zero-order valence-corrected chi connectivity index (χ0v) is 10.7. The maximum atomic E-state index is 4.47. The fraction of sp³-hybridized carbons (Fsp3) is 0.625. The van der Waals surface area contributed by atoms with E-state index in [2.05, 4.69) is 20.4 Å². The van der Waals surface area contributed by atoms with Crippen molar-refractivity contribution >= 4 is 0 Å². The maximum absolute atomic E-state index is 4.47. The van der Waals surface area contributed by atoms with Gasteiger partial charge in [-0.15, -0.1) is 0 Å². The molecule has 3 aliphatic carbocycles. The van der Waals surface area contributed by atoms with Gasteiger partial charge < -0.3 is 0 Å². The van der Waals surface area contributed by atoms with Crippen LogP contribution in [-0.2, 0) is 0 Å². The van der Waals surface area contributed by atoms with Crippen LogP contribution < -0.4 is 0 Å². The van der Waals surface area contributed by atoms with Crippen LogP contribution in [0.4, 0.5) is 0 Å². The summed E-state index contributed by atoms with van der Waals surface area (Å²) in [6.45, 7) is 9.12. The first kappa shape index (κ1) is 10.4. The van der Waals surface area contributed by atoms with Crippen LogP contribution in [0.1, 0.15) is 58.8 Å². The lowest BCUT2D eigenvalue weighted by Gasteiger charge is -2.23. The zero-order chi connectivity index (χ0) is 11.3. The van der Waals surface area contributed by atoms with E-state index in [9.17, 15) is 0 Å². The van der Waals surface area contributed by atoms with Gasteiger partial charge in [0.05, 0.1) is 0 Å². The molecule has 0 aromatic rings. The van der Waals surface area contributed by atoms with Gasteiger partial charge in [0.15, 0.2) is 0 Å². The van der Waals surface area contributed by atoms with Gasteiger partial charge in [-0.1, -0.05) is 30.6 Å². The lowest BCUT2D eigenvalue weighted by Crippen LogP contribution is -2.12. The van der Waals surface area contributed by atoms with Gasteiger partial charge in [0.25, 0.3) is 0 Å². The molecule has 0 aromatic heterocycles. The lowest BCUT2D eigenvalue weighted by atomic mass is 9.80. The standard InChI is InChI=1S/C16H22/c1-11-6-7-12(2)15-13(3)16(10-14(11)15)8-4-5-9-16/h3-10H2,1-2H3. The van der Waals surface area contributed by atoms with Gasteiger partial charge in [0.2, 0.25) is 0 Å². The molecule has 0 heteroatoms. The van der Waals surface area contributed by atoms with Crippen molar-refractivity contribution in [1.82, 2.24) is 0 Å². The molecule has 3 rings (SSSR count). The van der Waals surface area contributed by atoms with Gasteiger partial charge in [0, 0.05) is 0 Å². The monoisotopic (exact) mass is 214 g/mol. The summed E-state index contributed by atoms with van der Waals surface area (Å²) >= 11 is 0. The molecular formula is C16H22. The third-order valence-electron chi connectivity index (χ3n) is 5.14. The molecule has 0 saturated heterocycles. The second-order valence-corrected chi connectivity index (χ2v) is 6.06. The van der Waals surface area contributed by atoms with Gasteiger partial charge in [-0.25, -0.2) is 0 Å². The van der Waals surface area contributed by atoms with E-state index in [4.69, 9.17) is 0 Å². The Morgan fingerprint density at radius 2 is 1.62 bits per heavy atom. The highest BCUT2D eigenvalue weighted by molar-refractivity contribution is 5.60. The quantitative estimate of drug-likeness (QED) is 0.536. The van der Waals surface area contributed by atoms with Gasteiger partial charge in [-0.2, -0.15) is 0 Å². The molecule has 0 N–H and O–H groups in total. The van der Waals surface area contributed by atoms with Gasteiger partial charge in [0.1, 0.15) is 0 Å². The third kappa shape index (κ3) is 1.22. The van der Waals surface area contributed by atoms with Crippen LogP contribution in [-0.4, -0.2) is 0 Å². The third-order valence-corrected chi connectivity index (χ3v) is 5.14. The average molecular weight is 214 g/mol. The summed E-state index contributed by atoms with van der Waals surface area (Å²) < 4.78 is 0. The summed E-state index contributed by atoms with van der Waals surface area (Å²) in [6.07, 6.45) is 9.46. The Bertz CT molecular complexity index is 411. The van der Waals surface area contributed by atoms with Crippen LogP contribution in [0.3, 0.4) is 0 Å². The second-order valence-electron chi connectivity index (χ2n) is 6.06. The van der Waals surface area contributed by atoms with Crippen LogP contribution in [0.15, 0.2) is 34.4 Å². The van der Waals surface area contributed by atoms with Crippen molar-refractivity contribution in [2.45, 2.75) is 58.8 Å². The second kappa shape index (κ2) is 3.35. The maximum Gasteiger partial charge on any atom is -0.000630 e. The molecule has 2 saturated carbocycles. The number of fused-ring (bicyclic) bond motifs is 1. The van der Waals surface area contributed by atoms with Gasteiger partial charge in [-0.05, 0) is 68.1 Å². The van der Waals surface area contributed by atoms with Crippen molar-refractivity contribution in [3.8, 4) is 0 Å². The van der Waals surface area contributed by atoms with E-state index in [1.165, 1.54) is 50.5 Å². The molecule has 0 aromatic carbocycles. The lowest BCUT2D eigenvalue weighted by molar-refractivity contribution is 0.398. The molecule has 0 radical (unpaired) electrons. The van der Waals surface area contributed by atoms with E-state index in [1.54, 1.807) is 22.3 Å². The van der Waals surface area contributed by atoms with E-state index < -0.39 is 0 Å². The average Bonchev–Trinajstić information content (AvgIpc) is 2.83. The Morgan fingerprint density at radius 1 is 1.00 bits per heavy atom. The van der Waals surface area contributed by atoms with E-state index in [-0.39, 0.29) is 0 Å². The number of hydrogen-bond acceptors (Lipinski definition) is 0. The van der Waals surface area contributed by atoms with Crippen molar-refractivity contribution in [2.75, 3.05) is 0 Å². The minimum atomic E-state index is 0.484. The summed E-state index contributed by atoms with van der Waals surface area (Å²) in [6, 6.07) is 0. The van der Waals surface area contributed by atoms with Crippen LogP contribution in [0.25, 0.3) is 0 Å². The Balaban J connectivity index is 2.12. The van der Waals surface area contributed by atoms with Crippen LogP contribution in [0.5, 0.6) is 0 Å². The zero-order valence-electron chi connectivity index (χ0n) is 10.7. The van der Waals surface area contributed by atoms with E-state index in [0.29, 0.717) is 5.41 Å². The molecule has 0 atom stereocenters. The predicted octanol–water partition coefficient (Wildman–Crippen LogP) is 4.93. The number of hydrogen-bond donors (Lipinski definition) is 0. The number of allylic oxidation sites excluding steroid dienone is 5. The fourth-order valence-electron chi connectivity index (χ4n) is 4.04. The fourth-order valence-corrected chi connectivity index (χ4v) is 4.04. The minimum Gasteiger partial charge on any atom is -0.0946 e. The summed E-state index contributed by atoms with van der Waals surface area (Å²) in [7, 11) is 0. The molecular weight excluding hydrogens is 192 g/mol. The number of rotatable bonds is 0. The molecule has 0 amide bonds. The van der Waals surface area contributed by atoms with Crippen LogP contribution >= 0.6 is 0 Å². The summed E-state index contributed by atoms with van der Waals surface area (Å²) in [5.74, 6) is 0. The van der Waals surface area contributed by atoms with Crippen molar-refractivity contribution in [1.29, 1.82) is 0 Å². The van der Waals surface area contributed by atoms with Crippen molar-refractivity contribution in [3.63, 3.8) is 0 Å². The molecule has 0 nitrogen and oxygen atoms in total. The largest absolute Gasteiger partial charge is 0.0946 e. The van der Waals surface area contributed by atoms with Gasteiger partial charge >= 0.3 is 0 Å². The summed E-state index contributed by atoms with van der Waals surface area (Å²) in [5, 5.41) is 0. The molecule has 0 bridgehead atoms. The highest BCUT2D eigenvalue weighted by Gasteiger charge is 2.45. The van der Waals surface area contributed by atoms with E-state index in [1.807, 2.05) is 0 Å². The predicted molar refractivity (Wildman–Crippen MR) is 69.3 cm³/mol. The minimum absolute atomic E-state index is 0.484. The normalized spacial score (nSPS) is 28.2. The Kier molecular flexibility index (Phi) is 2.18. The van der Waals surface area contributed by atoms with E-state index >= 15 is 0 Å². The molecule has 3 aliphatic rings. The highest BCUT2D eigenvalue weighted by Crippen LogP contribution is 2.60. The molecule has 1 spiro atoms. The smallest absolute Gasteiger partial charge is 0.000630 e. The SMILES string of the molecule is C=C1C2=C(C)CCC(C)=C2CC12CCCC2. The molecule has 16 heavy (non-hydrogen) atoms. The Morgan fingerprint density at radius 3 is 2.25 bits per heavy atom. The molecule has 0 aliphatic heterocycles. The van der Waals surface area contributed by atoms with E-state index in [0.717, 1.165) is 0 Å². The topological polar surface area (TPSA) is 0 Å². The summed E-state index contributed by atoms with van der Waals surface area (Å²) in [4.78, 5) is 0. The summed E-state index contributed by atoms with van der Waals surface area (Å²) in [5.41, 5.74) is 8.50. The van der Waals surface area contributed by atoms with Crippen molar-refractivity contribution in [2.24, 2.45) is 5.41 Å². The Hall–Kier alpha value is -0.780. The molecule has 2 fully saturated rings.